The average Bonchev–Trinajstić information content (AvgIpc) is 3.11. The summed E-state index contributed by atoms with van der Waals surface area (Å²) in [6, 6.07) is 11.5. The Balaban J connectivity index is 1.83. The van der Waals surface area contributed by atoms with Crippen LogP contribution in [-0.2, 0) is 11.2 Å². The number of methoxy groups -OCH3 is 1. The van der Waals surface area contributed by atoms with Crippen LogP contribution in [0.25, 0.3) is 5.69 Å². The van der Waals surface area contributed by atoms with Gasteiger partial charge in [-0.2, -0.15) is 5.10 Å². The maximum Gasteiger partial charge on any atom is 0.356 e. The van der Waals surface area contributed by atoms with E-state index >= 15 is 0 Å². The molecular formula is C17H14ClN3O2. The lowest BCUT2D eigenvalue weighted by molar-refractivity contribution is 0.0594. The van der Waals surface area contributed by atoms with Gasteiger partial charge < -0.3 is 4.74 Å². The number of pyridine rings is 1. The van der Waals surface area contributed by atoms with E-state index in [0.717, 1.165) is 16.8 Å². The third-order valence-corrected chi connectivity index (χ3v) is 3.77. The van der Waals surface area contributed by atoms with Gasteiger partial charge in [0.2, 0.25) is 0 Å². The van der Waals surface area contributed by atoms with E-state index < -0.39 is 5.97 Å². The van der Waals surface area contributed by atoms with Gasteiger partial charge in [-0.1, -0.05) is 23.7 Å². The van der Waals surface area contributed by atoms with Crippen LogP contribution in [0.1, 0.15) is 21.6 Å². The van der Waals surface area contributed by atoms with E-state index in [2.05, 4.69) is 14.8 Å². The monoisotopic (exact) mass is 327 g/mol. The van der Waals surface area contributed by atoms with Gasteiger partial charge in [-0.05, 0) is 41.8 Å². The van der Waals surface area contributed by atoms with Crippen LogP contribution in [-0.4, -0.2) is 27.8 Å². The molecule has 0 amide bonds. The number of ether oxygens (including phenoxy) is 1. The van der Waals surface area contributed by atoms with Crippen LogP contribution < -0.4 is 0 Å². The Morgan fingerprint density at radius 2 is 2.09 bits per heavy atom. The van der Waals surface area contributed by atoms with Crippen LogP contribution in [0.5, 0.6) is 0 Å². The SMILES string of the molecule is COC(=O)c1cc(Cc2ccc(-n3cccn3)cc2)c(Cl)cn1. The molecule has 3 rings (SSSR count). The highest BCUT2D eigenvalue weighted by atomic mass is 35.5. The van der Waals surface area contributed by atoms with Crippen LogP contribution in [0.4, 0.5) is 0 Å². The molecule has 0 N–H and O–H groups in total. The highest BCUT2D eigenvalue weighted by Gasteiger charge is 2.11. The summed E-state index contributed by atoms with van der Waals surface area (Å²) < 4.78 is 6.47. The Morgan fingerprint density at radius 3 is 2.74 bits per heavy atom. The fourth-order valence-electron chi connectivity index (χ4n) is 2.24. The van der Waals surface area contributed by atoms with Crippen LogP contribution in [0.15, 0.2) is 55.0 Å². The van der Waals surface area contributed by atoms with Crippen LogP contribution >= 0.6 is 11.6 Å². The zero-order chi connectivity index (χ0) is 16.2. The molecule has 2 aromatic heterocycles. The topological polar surface area (TPSA) is 57.0 Å². The molecule has 0 fully saturated rings. The number of carbonyl (C=O) groups is 1. The largest absolute Gasteiger partial charge is 0.464 e. The quantitative estimate of drug-likeness (QED) is 0.690. The number of halogens is 1. The molecule has 5 nitrogen and oxygen atoms in total. The lowest BCUT2D eigenvalue weighted by Crippen LogP contribution is -2.05. The smallest absolute Gasteiger partial charge is 0.356 e. The number of hydrogen-bond acceptors (Lipinski definition) is 4. The van der Waals surface area contributed by atoms with E-state index in [-0.39, 0.29) is 5.69 Å². The molecule has 0 aliphatic carbocycles. The molecule has 0 unspecified atom stereocenters. The zero-order valence-corrected chi connectivity index (χ0v) is 13.2. The predicted octanol–water partition coefficient (Wildman–Crippen LogP) is 3.30. The number of carbonyl (C=O) groups excluding carboxylic acids is 1. The van der Waals surface area contributed by atoms with Gasteiger partial charge in [-0.3, -0.25) is 0 Å². The van der Waals surface area contributed by atoms with Gasteiger partial charge in [-0.25, -0.2) is 14.5 Å². The first-order valence-corrected chi connectivity index (χ1v) is 7.37. The third-order valence-electron chi connectivity index (χ3n) is 3.43. The number of aromatic nitrogens is 3. The van der Waals surface area contributed by atoms with E-state index in [9.17, 15) is 4.79 Å². The van der Waals surface area contributed by atoms with Crippen molar-refractivity contribution in [1.82, 2.24) is 14.8 Å². The van der Waals surface area contributed by atoms with Gasteiger partial charge >= 0.3 is 5.97 Å². The number of rotatable bonds is 4. The Morgan fingerprint density at radius 1 is 1.30 bits per heavy atom. The highest BCUT2D eigenvalue weighted by Crippen LogP contribution is 2.20. The molecule has 0 bridgehead atoms. The molecule has 6 heteroatoms. The van der Waals surface area contributed by atoms with Gasteiger partial charge in [0.1, 0.15) is 5.69 Å². The van der Waals surface area contributed by atoms with Crippen LogP contribution in [0.3, 0.4) is 0 Å². The fraction of sp³-hybridized carbons (Fsp3) is 0.118. The third kappa shape index (κ3) is 3.40. The van der Waals surface area contributed by atoms with Crippen molar-refractivity contribution in [2.45, 2.75) is 6.42 Å². The first-order chi connectivity index (χ1) is 11.2. The fourth-order valence-corrected chi connectivity index (χ4v) is 2.41. The summed E-state index contributed by atoms with van der Waals surface area (Å²) in [5.41, 5.74) is 3.13. The zero-order valence-electron chi connectivity index (χ0n) is 12.4. The van der Waals surface area contributed by atoms with Gasteiger partial charge in [0.05, 0.1) is 17.8 Å². The van der Waals surface area contributed by atoms with E-state index in [1.54, 1.807) is 16.9 Å². The van der Waals surface area contributed by atoms with Crippen LogP contribution in [0, 0.1) is 0 Å². The molecule has 0 saturated carbocycles. The van der Waals surface area contributed by atoms with E-state index in [1.165, 1.54) is 13.3 Å². The molecule has 0 saturated heterocycles. The van der Waals surface area contributed by atoms with Crippen molar-refractivity contribution >= 4 is 17.6 Å². The van der Waals surface area contributed by atoms with Gasteiger partial charge in [0.15, 0.2) is 0 Å². The molecule has 0 radical (unpaired) electrons. The minimum atomic E-state index is -0.475. The Kier molecular flexibility index (Phi) is 4.39. The maximum absolute atomic E-state index is 11.6. The maximum atomic E-state index is 11.6. The van der Waals surface area contributed by atoms with Gasteiger partial charge in [0.25, 0.3) is 0 Å². The van der Waals surface area contributed by atoms with Gasteiger partial charge in [-0.15, -0.1) is 0 Å². The molecule has 1 aromatic carbocycles. The van der Waals surface area contributed by atoms with Crippen molar-refractivity contribution < 1.29 is 9.53 Å². The Labute approximate surface area is 138 Å². The molecule has 23 heavy (non-hydrogen) atoms. The molecule has 0 aliphatic heterocycles. The molecule has 0 aliphatic rings. The number of nitrogens with zero attached hydrogens (tertiary/aromatic N) is 3. The number of hydrogen-bond donors (Lipinski definition) is 0. The summed E-state index contributed by atoms with van der Waals surface area (Å²) in [4.78, 5) is 15.5. The lowest BCUT2D eigenvalue weighted by Gasteiger charge is -2.08. The second-order valence-corrected chi connectivity index (χ2v) is 5.35. The Hall–Kier alpha value is -2.66. The van der Waals surface area contributed by atoms with Crippen molar-refractivity contribution in [3.8, 4) is 5.69 Å². The van der Waals surface area contributed by atoms with Crippen molar-refractivity contribution in [2.75, 3.05) is 7.11 Å². The molecule has 3 aromatic rings. The second kappa shape index (κ2) is 6.62. The molecule has 0 atom stereocenters. The highest BCUT2D eigenvalue weighted by molar-refractivity contribution is 6.31. The summed E-state index contributed by atoms with van der Waals surface area (Å²) in [6.45, 7) is 0. The number of benzene rings is 1. The lowest BCUT2D eigenvalue weighted by atomic mass is 10.0. The van der Waals surface area contributed by atoms with Crippen molar-refractivity contribution in [1.29, 1.82) is 0 Å². The first kappa shape index (κ1) is 15.2. The van der Waals surface area contributed by atoms with E-state index in [4.69, 9.17) is 11.6 Å². The van der Waals surface area contributed by atoms with Crippen LogP contribution in [0.2, 0.25) is 5.02 Å². The summed E-state index contributed by atoms with van der Waals surface area (Å²) >= 11 is 6.18. The van der Waals surface area contributed by atoms with Gasteiger partial charge in [0, 0.05) is 18.6 Å². The normalized spacial score (nSPS) is 10.5. The Bertz CT molecular complexity index is 814. The summed E-state index contributed by atoms with van der Waals surface area (Å²) in [7, 11) is 1.33. The second-order valence-electron chi connectivity index (χ2n) is 4.95. The number of esters is 1. The minimum absolute atomic E-state index is 0.250. The van der Waals surface area contributed by atoms with Crippen molar-refractivity contribution in [3.05, 3.63) is 76.8 Å². The van der Waals surface area contributed by atoms with E-state index in [1.807, 2.05) is 36.5 Å². The first-order valence-electron chi connectivity index (χ1n) is 6.99. The molecule has 0 spiro atoms. The summed E-state index contributed by atoms with van der Waals surface area (Å²) in [5.74, 6) is -0.475. The molecule has 116 valence electrons. The minimum Gasteiger partial charge on any atom is -0.464 e. The molecular weight excluding hydrogens is 314 g/mol. The van der Waals surface area contributed by atoms with Crippen molar-refractivity contribution in [3.63, 3.8) is 0 Å². The average molecular weight is 328 g/mol. The predicted molar refractivity (Wildman–Crippen MR) is 87.0 cm³/mol. The standard InChI is InChI=1S/C17H14ClN3O2/c1-23-17(22)16-10-13(15(18)11-19-16)9-12-3-5-14(6-4-12)21-8-2-7-20-21/h2-8,10-11H,9H2,1H3. The summed E-state index contributed by atoms with van der Waals surface area (Å²) in [6.07, 6.45) is 5.70. The summed E-state index contributed by atoms with van der Waals surface area (Å²) in [5, 5.41) is 4.71. The van der Waals surface area contributed by atoms with E-state index in [0.29, 0.717) is 11.4 Å². The molecule has 2 heterocycles. The van der Waals surface area contributed by atoms with Crippen molar-refractivity contribution in [2.24, 2.45) is 0 Å².